The standard InChI is InChI=1S/C17H28N4O/c1-4-18-17(21-13(2)3)20-12-14-9-10-16(19-11-14)22-15-7-5-6-8-15/h9-11,13,15H,4-8,12H2,1-3H3,(H2,18,20,21). The minimum Gasteiger partial charge on any atom is -0.474 e. The van der Waals surface area contributed by atoms with Crippen LogP contribution in [-0.2, 0) is 6.54 Å². The lowest BCUT2D eigenvalue weighted by Gasteiger charge is -2.14. The Balaban J connectivity index is 1.88. The molecule has 1 aliphatic carbocycles. The van der Waals surface area contributed by atoms with Crippen LogP contribution in [0.3, 0.4) is 0 Å². The van der Waals surface area contributed by atoms with Crippen LogP contribution in [-0.4, -0.2) is 29.6 Å². The highest BCUT2D eigenvalue weighted by molar-refractivity contribution is 5.79. The van der Waals surface area contributed by atoms with Crippen LogP contribution in [0.15, 0.2) is 23.3 Å². The van der Waals surface area contributed by atoms with Crippen molar-refractivity contribution in [2.24, 2.45) is 4.99 Å². The van der Waals surface area contributed by atoms with Gasteiger partial charge in [0, 0.05) is 24.8 Å². The molecule has 0 radical (unpaired) electrons. The Morgan fingerprint density at radius 2 is 2.14 bits per heavy atom. The summed E-state index contributed by atoms with van der Waals surface area (Å²) >= 11 is 0. The van der Waals surface area contributed by atoms with Gasteiger partial charge in [0.1, 0.15) is 6.10 Å². The molecule has 0 aromatic carbocycles. The predicted octanol–water partition coefficient (Wildman–Crippen LogP) is 2.87. The lowest BCUT2D eigenvalue weighted by molar-refractivity contribution is 0.201. The fourth-order valence-electron chi connectivity index (χ4n) is 2.51. The number of guanidine groups is 1. The minimum atomic E-state index is 0.354. The molecule has 1 aromatic heterocycles. The van der Waals surface area contributed by atoms with E-state index in [4.69, 9.17) is 4.74 Å². The number of nitrogens with zero attached hydrogens (tertiary/aromatic N) is 2. The number of ether oxygens (including phenoxy) is 1. The van der Waals surface area contributed by atoms with Gasteiger partial charge in [-0.3, -0.25) is 0 Å². The second kappa shape index (κ2) is 8.61. The van der Waals surface area contributed by atoms with Crippen molar-refractivity contribution in [1.82, 2.24) is 15.6 Å². The lowest BCUT2D eigenvalue weighted by Crippen LogP contribution is -2.40. The molecule has 0 aliphatic heterocycles. The molecule has 2 rings (SSSR count). The maximum absolute atomic E-state index is 5.88. The Morgan fingerprint density at radius 3 is 2.73 bits per heavy atom. The highest BCUT2D eigenvalue weighted by Gasteiger charge is 2.16. The zero-order chi connectivity index (χ0) is 15.8. The molecule has 0 amide bonds. The second-order valence-electron chi connectivity index (χ2n) is 6.02. The van der Waals surface area contributed by atoms with E-state index in [0.717, 1.165) is 36.8 Å². The molecular formula is C17H28N4O. The van der Waals surface area contributed by atoms with Crippen LogP contribution in [0, 0.1) is 0 Å². The van der Waals surface area contributed by atoms with Gasteiger partial charge in [-0.2, -0.15) is 0 Å². The zero-order valence-electron chi connectivity index (χ0n) is 13.9. The lowest BCUT2D eigenvalue weighted by atomic mass is 10.3. The Kier molecular flexibility index (Phi) is 6.49. The molecule has 1 fully saturated rings. The van der Waals surface area contributed by atoms with Gasteiger partial charge in [-0.05, 0) is 52.0 Å². The molecule has 1 heterocycles. The van der Waals surface area contributed by atoms with Crippen LogP contribution in [0.5, 0.6) is 5.88 Å². The van der Waals surface area contributed by atoms with Crippen molar-refractivity contribution in [2.45, 2.75) is 65.1 Å². The summed E-state index contributed by atoms with van der Waals surface area (Å²) in [6.07, 6.45) is 7.06. The minimum absolute atomic E-state index is 0.354. The second-order valence-corrected chi connectivity index (χ2v) is 6.02. The molecular weight excluding hydrogens is 276 g/mol. The Morgan fingerprint density at radius 1 is 1.36 bits per heavy atom. The first-order valence-corrected chi connectivity index (χ1v) is 8.33. The molecule has 5 nitrogen and oxygen atoms in total. The van der Waals surface area contributed by atoms with Gasteiger partial charge in [0.2, 0.25) is 5.88 Å². The largest absolute Gasteiger partial charge is 0.474 e. The predicted molar refractivity (Wildman–Crippen MR) is 90.2 cm³/mol. The van der Waals surface area contributed by atoms with E-state index < -0.39 is 0 Å². The fourth-order valence-corrected chi connectivity index (χ4v) is 2.51. The Labute approximate surface area is 133 Å². The number of nitrogens with one attached hydrogen (secondary N) is 2. The summed E-state index contributed by atoms with van der Waals surface area (Å²) in [5.41, 5.74) is 1.08. The molecule has 2 N–H and O–H groups in total. The molecule has 1 aromatic rings. The molecule has 1 aliphatic rings. The molecule has 122 valence electrons. The van der Waals surface area contributed by atoms with Gasteiger partial charge in [0.05, 0.1) is 6.54 Å². The molecule has 0 spiro atoms. The van der Waals surface area contributed by atoms with E-state index in [1.807, 2.05) is 18.3 Å². The summed E-state index contributed by atoms with van der Waals surface area (Å²) in [6, 6.07) is 4.35. The van der Waals surface area contributed by atoms with Crippen LogP contribution in [0.4, 0.5) is 0 Å². The van der Waals surface area contributed by atoms with E-state index >= 15 is 0 Å². The fraction of sp³-hybridized carbons (Fsp3) is 0.647. The Hall–Kier alpha value is -1.78. The summed E-state index contributed by atoms with van der Waals surface area (Å²) in [4.78, 5) is 8.97. The van der Waals surface area contributed by atoms with Crippen LogP contribution >= 0.6 is 0 Å². The number of hydrogen-bond acceptors (Lipinski definition) is 3. The molecule has 0 atom stereocenters. The van der Waals surface area contributed by atoms with Gasteiger partial charge in [0.25, 0.3) is 0 Å². The third-order valence-electron chi connectivity index (χ3n) is 3.58. The first-order chi connectivity index (χ1) is 10.7. The number of aromatic nitrogens is 1. The maximum Gasteiger partial charge on any atom is 0.213 e. The van der Waals surface area contributed by atoms with Gasteiger partial charge >= 0.3 is 0 Å². The van der Waals surface area contributed by atoms with Crippen molar-refractivity contribution in [2.75, 3.05) is 6.54 Å². The smallest absolute Gasteiger partial charge is 0.213 e. The molecule has 1 saturated carbocycles. The molecule has 5 heteroatoms. The summed E-state index contributed by atoms with van der Waals surface area (Å²) in [6.45, 7) is 7.73. The van der Waals surface area contributed by atoms with Crippen LogP contribution < -0.4 is 15.4 Å². The van der Waals surface area contributed by atoms with Crippen LogP contribution in [0.25, 0.3) is 0 Å². The summed E-state index contributed by atoms with van der Waals surface area (Å²) in [5.74, 6) is 1.57. The highest BCUT2D eigenvalue weighted by Crippen LogP contribution is 2.22. The van der Waals surface area contributed by atoms with Gasteiger partial charge in [-0.15, -0.1) is 0 Å². The van der Waals surface area contributed by atoms with E-state index in [1.165, 1.54) is 12.8 Å². The van der Waals surface area contributed by atoms with E-state index in [0.29, 0.717) is 18.7 Å². The van der Waals surface area contributed by atoms with E-state index in [9.17, 15) is 0 Å². The topological polar surface area (TPSA) is 58.5 Å². The summed E-state index contributed by atoms with van der Waals surface area (Å²) < 4.78 is 5.88. The summed E-state index contributed by atoms with van der Waals surface area (Å²) in [7, 11) is 0. The molecule has 0 bridgehead atoms. The molecule has 22 heavy (non-hydrogen) atoms. The normalized spacial score (nSPS) is 16.1. The van der Waals surface area contributed by atoms with Crippen molar-refractivity contribution in [3.63, 3.8) is 0 Å². The van der Waals surface area contributed by atoms with Crippen molar-refractivity contribution in [3.8, 4) is 5.88 Å². The number of hydrogen-bond donors (Lipinski definition) is 2. The van der Waals surface area contributed by atoms with Crippen molar-refractivity contribution < 1.29 is 4.74 Å². The van der Waals surface area contributed by atoms with Crippen molar-refractivity contribution in [1.29, 1.82) is 0 Å². The van der Waals surface area contributed by atoms with Crippen LogP contribution in [0.1, 0.15) is 52.0 Å². The van der Waals surface area contributed by atoms with E-state index in [-0.39, 0.29) is 0 Å². The number of aliphatic imine (C=N–C) groups is 1. The maximum atomic E-state index is 5.88. The van der Waals surface area contributed by atoms with Gasteiger partial charge in [-0.25, -0.2) is 9.98 Å². The van der Waals surface area contributed by atoms with Crippen molar-refractivity contribution >= 4 is 5.96 Å². The highest BCUT2D eigenvalue weighted by atomic mass is 16.5. The number of pyridine rings is 1. The van der Waals surface area contributed by atoms with Crippen LogP contribution in [0.2, 0.25) is 0 Å². The average molecular weight is 304 g/mol. The van der Waals surface area contributed by atoms with Crippen molar-refractivity contribution in [3.05, 3.63) is 23.9 Å². The van der Waals surface area contributed by atoms with Gasteiger partial charge in [0.15, 0.2) is 5.96 Å². The van der Waals surface area contributed by atoms with E-state index in [2.05, 4.69) is 41.4 Å². The van der Waals surface area contributed by atoms with Gasteiger partial charge in [-0.1, -0.05) is 6.07 Å². The molecule has 0 unspecified atom stereocenters. The first kappa shape index (κ1) is 16.6. The SMILES string of the molecule is CCNC(=NCc1ccc(OC2CCCC2)nc1)NC(C)C. The monoisotopic (exact) mass is 304 g/mol. The third kappa shape index (κ3) is 5.54. The number of rotatable bonds is 6. The summed E-state index contributed by atoms with van der Waals surface area (Å²) in [5, 5.41) is 6.54. The van der Waals surface area contributed by atoms with Gasteiger partial charge < -0.3 is 15.4 Å². The molecule has 0 saturated heterocycles. The first-order valence-electron chi connectivity index (χ1n) is 8.33. The quantitative estimate of drug-likeness (QED) is 0.627. The zero-order valence-corrected chi connectivity index (χ0v) is 13.9. The third-order valence-corrected chi connectivity index (χ3v) is 3.58. The Bertz CT molecular complexity index is 464. The van der Waals surface area contributed by atoms with E-state index in [1.54, 1.807) is 0 Å². The average Bonchev–Trinajstić information content (AvgIpc) is 2.99.